The normalized spacial score (nSPS) is 10.7. The van der Waals surface area contributed by atoms with Crippen LogP contribution in [0.3, 0.4) is 0 Å². The van der Waals surface area contributed by atoms with E-state index in [-0.39, 0.29) is 17.6 Å². The fourth-order valence-electron chi connectivity index (χ4n) is 3.18. The highest BCUT2D eigenvalue weighted by Gasteiger charge is 2.14. The van der Waals surface area contributed by atoms with Gasteiger partial charge in [-0.05, 0) is 35.7 Å². The number of rotatable bonds is 8. The average Bonchev–Trinajstić information content (AvgIpc) is 3.20. The minimum absolute atomic E-state index is 0.175. The number of para-hydroxylation sites is 1. The Morgan fingerprint density at radius 1 is 1.16 bits per heavy atom. The summed E-state index contributed by atoms with van der Waals surface area (Å²) in [4.78, 5) is 28.4. The van der Waals surface area contributed by atoms with Crippen molar-refractivity contribution >= 4 is 35.0 Å². The number of carbonyl (C=O) groups is 2. The van der Waals surface area contributed by atoms with Crippen molar-refractivity contribution < 1.29 is 14.3 Å². The second-order valence-corrected chi connectivity index (χ2v) is 8.17. The summed E-state index contributed by atoms with van der Waals surface area (Å²) in [6, 6.07) is 13.3. The molecular formula is C23H26N4O3S. The molecule has 0 fully saturated rings. The largest absolute Gasteiger partial charge is 0.495 e. The summed E-state index contributed by atoms with van der Waals surface area (Å²) in [5.74, 6) is 0.665. The summed E-state index contributed by atoms with van der Waals surface area (Å²) in [5, 5.41) is 6.29. The third kappa shape index (κ3) is 5.67. The predicted octanol–water partition coefficient (Wildman–Crippen LogP) is 4.69. The molecule has 0 unspecified atom stereocenters. The minimum Gasteiger partial charge on any atom is -0.495 e. The predicted molar refractivity (Wildman–Crippen MR) is 124 cm³/mol. The van der Waals surface area contributed by atoms with Gasteiger partial charge in [-0.2, -0.15) is 0 Å². The van der Waals surface area contributed by atoms with Crippen LogP contribution in [-0.4, -0.2) is 34.2 Å². The van der Waals surface area contributed by atoms with Gasteiger partial charge in [0.1, 0.15) is 5.75 Å². The third-order valence-electron chi connectivity index (χ3n) is 4.55. The molecule has 0 radical (unpaired) electrons. The first-order valence-electron chi connectivity index (χ1n) is 9.90. The zero-order valence-corrected chi connectivity index (χ0v) is 18.8. The van der Waals surface area contributed by atoms with E-state index in [0.717, 1.165) is 10.8 Å². The zero-order valence-electron chi connectivity index (χ0n) is 18.0. The Morgan fingerprint density at radius 2 is 1.94 bits per heavy atom. The van der Waals surface area contributed by atoms with Gasteiger partial charge >= 0.3 is 0 Å². The summed E-state index contributed by atoms with van der Waals surface area (Å²) < 4.78 is 7.32. The summed E-state index contributed by atoms with van der Waals surface area (Å²) in [6.07, 6.45) is 3.64. The summed E-state index contributed by atoms with van der Waals surface area (Å²) in [5.41, 5.74) is 3.35. The van der Waals surface area contributed by atoms with Crippen LogP contribution in [-0.2, 0) is 9.59 Å². The standard InChI is InChI=1S/C23H26N4O3S/c1-15(2)18-7-5-6-8-20(18)27-12-11-24-23(27)31-14-22(29)26-19-13-17(25-16(3)28)9-10-21(19)30-4/h5-13,15H,14H2,1-4H3,(H,25,28)(H,26,29). The monoisotopic (exact) mass is 438 g/mol. The highest BCUT2D eigenvalue weighted by Crippen LogP contribution is 2.29. The van der Waals surface area contributed by atoms with Gasteiger partial charge in [0.2, 0.25) is 11.8 Å². The highest BCUT2D eigenvalue weighted by atomic mass is 32.2. The molecule has 0 spiro atoms. The van der Waals surface area contributed by atoms with E-state index < -0.39 is 0 Å². The van der Waals surface area contributed by atoms with Gasteiger partial charge in [-0.25, -0.2) is 4.98 Å². The Bertz CT molecular complexity index is 1080. The molecule has 1 heterocycles. The second kappa shape index (κ2) is 10.2. The van der Waals surface area contributed by atoms with Crippen LogP contribution in [0.4, 0.5) is 11.4 Å². The van der Waals surface area contributed by atoms with E-state index in [1.807, 2.05) is 22.9 Å². The van der Waals surface area contributed by atoms with E-state index in [1.54, 1.807) is 24.4 Å². The molecule has 0 aliphatic carbocycles. The van der Waals surface area contributed by atoms with Crippen LogP contribution in [0.25, 0.3) is 5.69 Å². The second-order valence-electron chi connectivity index (χ2n) is 7.23. The number of nitrogens with zero attached hydrogens (tertiary/aromatic N) is 2. The average molecular weight is 439 g/mol. The quantitative estimate of drug-likeness (QED) is 0.498. The van der Waals surface area contributed by atoms with E-state index in [9.17, 15) is 9.59 Å². The molecule has 31 heavy (non-hydrogen) atoms. The van der Waals surface area contributed by atoms with Crippen LogP contribution in [0.1, 0.15) is 32.3 Å². The van der Waals surface area contributed by atoms with Gasteiger partial charge in [-0.15, -0.1) is 0 Å². The molecule has 3 rings (SSSR count). The molecule has 2 aromatic carbocycles. The molecule has 2 amide bonds. The van der Waals surface area contributed by atoms with Crippen molar-refractivity contribution in [2.24, 2.45) is 0 Å². The van der Waals surface area contributed by atoms with Gasteiger partial charge in [-0.3, -0.25) is 14.2 Å². The smallest absolute Gasteiger partial charge is 0.234 e. The molecule has 162 valence electrons. The van der Waals surface area contributed by atoms with Gasteiger partial charge in [0.25, 0.3) is 0 Å². The topological polar surface area (TPSA) is 85.2 Å². The molecule has 0 aliphatic heterocycles. The lowest BCUT2D eigenvalue weighted by molar-refractivity contribution is -0.114. The fraction of sp³-hybridized carbons (Fsp3) is 0.261. The van der Waals surface area contributed by atoms with E-state index >= 15 is 0 Å². The van der Waals surface area contributed by atoms with Gasteiger partial charge in [0.05, 0.1) is 24.2 Å². The number of hydrogen-bond donors (Lipinski definition) is 2. The van der Waals surface area contributed by atoms with Crippen LogP contribution in [0, 0.1) is 0 Å². The van der Waals surface area contributed by atoms with Crippen LogP contribution >= 0.6 is 11.8 Å². The number of imidazole rings is 1. The summed E-state index contributed by atoms with van der Waals surface area (Å²) in [7, 11) is 1.53. The van der Waals surface area contributed by atoms with Crippen molar-refractivity contribution in [1.82, 2.24) is 9.55 Å². The van der Waals surface area contributed by atoms with Gasteiger partial charge < -0.3 is 15.4 Å². The molecule has 3 aromatic rings. The summed E-state index contributed by atoms with van der Waals surface area (Å²) in [6.45, 7) is 5.73. The van der Waals surface area contributed by atoms with Crippen LogP contribution in [0.5, 0.6) is 5.75 Å². The SMILES string of the molecule is COc1ccc(NC(C)=O)cc1NC(=O)CSc1nccn1-c1ccccc1C(C)C. The third-order valence-corrected chi connectivity index (χ3v) is 5.52. The Morgan fingerprint density at radius 3 is 2.65 bits per heavy atom. The molecule has 0 bridgehead atoms. The van der Waals surface area contributed by atoms with Crippen molar-refractivity contribution in [2.75, 3.05) is 23.5 Å². The molecule has 8 heteroatoms. The van der Waals surface area contributed by atoms with E-state index in [1.165, 1.54) is 31.4 Å². The summed E-state index contributed by atoms with van der Waals surface area (Å²) >= 11 is 1.35. The van der Waals surface area contributed by atoms with Crippen molar-refractivity contribution in [1.29, 1.82) is 0 Å². The van der Waals surface area contributed by atoms with E-state index in [4.69, 9.17) is 4.74 Å². The van der Waals surface area contributed by atoms with Crippen LogP contribution in [0.2, 0.25) is 0 Å². The number of benzene rings is 2. The first-order chi connectivity index (χ1) is 14.9. The first kappa shape index (κ1) is 22.4. The molecule has 0 saturated heterocycles. The number of hydrogen-bond acceptors (Lipinski definition) is 5. The number of nitrogens with one attached hydrogen (secondary N) is 2. The van der Waals surface area contributed by atoms with Crippen molar-refractivity contribution in [3.8, 4) is 11.4 Å². The number of aromatic nitrogens is 2. The van der Waals surface area contributed by atoms with Gasteiger partial charge in [0.15, 0.2) is 5.16 Å². The van der Waals surface area contributed by atoms with Crippen molar-refractivity contribution in [3.63, 3.8) is 0 Å². The number of carbonyl (C=O) groups excluding carboxylic acids is 2. The lowest BCUT2D eigenvalue weighted by Gasteiger charge is -2.15. The number of amides is 2. The minimum atomic E-state index is -0.199. The lowest BCUT2D eigenvalue weighted by atomic mass is 10.0. The zero-order chi connectivity index (χ0) is 22.4. The van der Waals surface area contributed by atoms with Crippen molar-refractivity contribution in [3.05, 3.63) is 60.4 Å². The Labute approximate surface area is 186 Å². The molecule has 7 nitrogen and oxygen atoms in total. The van der Waals surface area contributed by atoms with Crippen LogP contribution in [0.15, 0.2) is 60.0 Å². The maximum Gasteiger partial charge on any atom is 0.234 e. The van der Waals surface area contributed by atoms with E-state index in [2.05, 4.69) is 41.6 Å². The van der Waals surface area contributed by atoms with Crippen LogP contribution < -0.4 is 15.4 Å². The van der Waals surface area contributed by atoms with E-state index in [0.29, 0.717) is 23.0 Å². The fourth-order valence-corrected chi connectivity index (χ4v) is 3.94. The molecular weight excluding hydrogens is 412 g/mol. The molecule has 1 aromatic heterocycles. The number of ether oxygens (including phenoxy) is 1. The Kier molecular flexibility index (Phi) is 7.36. The number of thioether (sulfide) groups is 1. The maximum absolute atomic E-state index is 12.6. The number of methoxy groups -OCH3 is 1. The Hall–Kier alpha value is -3.26. The van der Waals surface area contributed by atoms with Gasteiger partial charge in [-0.1, -0.05) is 43.8 Å². The van der Waals surface area contributed by atoms with Gasteiger partial charge in [0, 0.05) is 25.0 Å². The molecule has 0 saturated carbocycles. The molecule has 2 N–H and O–H groups in total. The molecule has 0 aliphatic rings. The number of anilines is 2. The lowest BCUT2D eigenvalue weighted by Crippen LogP contribution is -2.16. The maximum atomic E-state index is 12.6. The van der Waals surface area contributed by atoms with Crippen molar-refractivity contribution in [2.45, 2.75) is 31.8 Å². The Balaban J connectivity index is 1.72. The molecule has 0 atom stereocenters. The first-order valence-corrected chi connectivity index (χ1v) is 10.9. The highest BCUT2D eigenvalue weighted by molar-refractivity contribution is 7.99.